The number of ether oxygens (including phenoxy) is 1. The Bertz CT molecular complexity index is 520. The van der Waals surface area contributed by atoms with Gasteiger partial charge in [0.05, 0.1) is 5.56 Å². The van der Waals surface area contributed by atoms with E-state index in [1.54, 1.807) is 0 Å². The molecule has 2 atom stereocenters. The van der Waals surface area contributed by atoms with E-state index in [-0.39, 0.29) is 24.3 Å². The van der Waals surface area contributed by atoms with Gasteiger partial charge in [0.1, 0.15) is 5.75 Å². The van der Waals surface area contributed by atoms with E-state index in [0.29, 0.717) is 12.5 Å². The number of rotatable bonds is 4. The average molecular weight is 316 g/mol. The van der Waals surface area contributed by atoms with Crippen molar-refractivity contribution in [1.29, 1.82) is 0 Å². The minimum absolute atomic E-state index is 0.0198. The summed E-state index contributed by atoms with van der Waals surface area (Å²) in [5, 5.41) is 6.02. The van der Waals surface area contributed by atoms with Crippen molar-refractivity contribution in [3.8, 4) is 5.75 Å². The molecule has 1 aromatic carbocycles. The lowest BCUT2D eigenvalue weighted by atomic mass is 9.95. The number of piperidine rings is 1. The Morgan fingerprint density at radius 1 is 1.45 bits per heavy atom. The Morgan fingerprint density at radius 3 is 2.91 bits per heavy atom. The van der Waals surface area contributed by atoms with Crippen LogP contribution < -0.4 is 15.4 Å². The van der Waals surface area contributed by atoms with E-state index < -0.39 is 11.7 Å². The molecule has 1 saturated heterocycles. The number of carbonyl (C=O) groups excluding carboxylic acids is 1. The predicted molar refractivity (Wildman–Crippen MR) is 75.5 cm³/mol. The first kappa shape index (κ1) is 16.6. The molecule has 0 saturated carbocycles. The zero-order valence-electron chi connectivity index (χ0n) is 12.2. The predicted octanol–water partition coefficient (Wildman–Crippen LogP) is 2.20. The summed E-state index contributed by atoms with van der Waals surface area (Å²) in [7, 11) is 0. The van der Waals surface area contributed by atoms with Gasteiger partial charge in [0.15, 0.2) is 6.61 Å². The molecule has 0 aliphatic carbocycles. The van der Waals surface area contributed by atoms with Crippen LogP contribution in [0.15, 0.2) is 24.3 Å². The van der Waals surface area contributed by atoms with Gasteiger partial charge in [-0.2, -0.15) is 13.2 Å². The molecule has 1 fully saturated rings. The van der Waals surface area contributed by atoms with Crippen LogP contribution in [0.3, 0.4) is 0 Å². The van der Waals surface area contributed by atoms with E-state index in [9.17, 15) is 18.0 Å². The fourth-order valence-electron chi connectivity index (χ4n) is 2.34. The van der Waals surface area contributed by atoms with Gasteiger partial charge in [-0.3, -0.25) is 4.79 Å². The van der Waals surface area contributed by atoms with Crippen LogP contribution in [-0.4, -0.2) is 31.6 Å². The zero-order chi connectivity index (χ0) is 16.2. The number of alkyl halides is 3. The number of amides is 1. The van der Waals surface area contributed by atoms with Gasteiger partial charge in [-0.25, -0.2) is 0 Å². The fraction of sp³-hybridized carbons (Fsp3) is 0.533. The minimum Gasteiger partial charge on any atom is -0.484 e. The van der Waals surface area contributed by atoms with Crippen molar-refractivity contribution in [2.45, 2.75) is 25.6 Å². The molecule has 122 valence electrons. The normalized spacial score (nSPS) is 22.2. The molecule has 2 rings (SSSR count). The molecule has 1 aliphatic heterocycles. The van der Waals surface area contributed by atoms with Crippen LogP contribution in [0.1, 0.15) is 18.9 Å². The van der Waals surface area contributed by atoms with Crippen molar-refractivity contribution in [3.05, 3.63) is 29.8 Å². The third-order valence-electron chi connectivity index (χ3n) is 3.71. The minimum atomic E-state index is -4.43. The number of hydrogen-bond acceptors (Lipinski definition) is 3. The van der Waals surface area contributed by atoms with Gasteiger partial charge in [-0.1, -0.05) is 13.0 Å². The van der Waals surface area contributed by atoms with Crippen molar-refractivity contribution in [3.63, 3.8) is 0 Å². The van der Waals surface area contributed by atoms with Gasteiger partial charge in [-0.05, 0) is 37.1 Å². The monoisotopic (exact) mass is 316 g/mol. The van der Waals surface area contributed by atoms with Crippen molar-refractivity contribution in [1.82, 2.24) is 10.6 Å². The van der Waals surface area contributed by atoms with Crippen LogP contribution in [-0.2, 0) is 11.0 Å². The van der Waals surface area contributed by atoms with Crippen LogP contribution in [0, 0.1) is 5.92 Å². The molecule has 0 spiro atoms. The first-order chi connectivity index (χ1) is 10.4. The van der Waals surface area contributed by atoms with Gasteiger partial charge in [0.25, 0.3) is 5.91 Å². The first-order valence-electron chi connectivity index (χ1n) is 7.16. The summed E-state index contributed by atoms with van der Waals surface area (Å²) >= 11 is 0. The van der Waals surface area contributed by atoms with Crippen LogP contribution in [0.25, 0.3) is 0 Å². The van der Waals surface area contributed by atoms with E-state index in [1.807, 2.05) is 0 Å². The molecule has 22 heavy (non-hydrogen) atoms. The fourth-order valence-corrected chi connectivity index (χ4v) is 2.34. The molecular weight excluding hydrogens is 297 g/mol. The Balaban J connectivity index is 1.86. The maximum atomic E-state index is 12.6. The SMILES string of the molecule is CC1CCNCC1NC(=O)COc1cccc(C(F)(F)F)c1. The summed E-state index contributed by atoms with van der Waals surface area (Å²) in [5.41, 5.74) is -0.796. The lowest BCUT2D eigenvalue weighted by molar-refractivity contribution is -0.137. The second-order valence-electron chi connectivity index (χ2n) is 5.46. The van der Waals surface area contributed by atoms with Gasteiger partial charge < -0.3 is 15.4 Å². The zero-order valence-corrected chi connectivity index (χ0v) is 12.2. The Hall–Kier alpha value is -1.76. The molecule has 4 nitrogen and oxygen atoms in total. The highest BCUT2D eigenvalue weighted by atomic mass is 19.4. The summed E-state index contributed by atoms with van der Waals surface area (Å²) in [4.78, 5) is 11.8. The van der Waals surface area contributed by atoms with Crippen LogP contribution >= 0.6 is 0 Å². The summed E-state index contributed by atoms with van der Waals surface area (Å²) in [6.45, 7) is 3.37. The molecule has 0 aromatic heterocycles. The summed E-state index contributed by atoms with van der Waals surface area (Å²) in [6, 6.07) is 4.52. The highest BCUT2D eigenvalue weighted by molar-refractivity contribution is 5.77. The van der Waals surface area contributed by atoms with E-state index >= 15 is 0 Å². The van der Waals surface area contributed by atoms with Crippen LogP contribution in [0.2, 0.25) is 0 Å². The average Bonchev–Trinajstić information content (AvgIpc) is 2.47. The maximum absolute atomic E-state index is 12.6. The standard InChI is InChI=1S/C15H19F3N2O2/c1-10-5-6-19-8-13(10)20-14(21)9-22-12-4-2-3-11(7-12)15(16,17)18/h2-4,7,10,13,19H,5-6,8-9H2,1H3,(H,20,21). The van der Waals surface area contributed by atoms with Crippen molar-refractivity contribution in [2.24, 2.45) is 5.92 Å². The maximum Gasteiger partial charge on any atom is 0.416 e. The number of halogens is 3. The number of benzene rings is 1. The summed E-state index contributed by atoms with van der Waals surface area (Å²) < 4.78 is 42.9. The van der Waals surface area contributed by atoms with E-state index in [4.69, 9.17) is 4.74 Å². The van der Waals surface area contributed by atoms with Gasteiger partial charge in [0.2, 0.25) is 0 Å². The van der Waals surface area contributed by atoms with Crippen molar-refractivity contribution >= 4 is 5.91 Å². The smallest absolute Gasteiger partial charge is 0.416 e. The third kappa shape index (κ3) is 4.62. The largest absolute Gasteiger partial charge is 0.484 e. The van der Waals surface area contributed by atoms with Crippen molar-refractivity contribution in [2.75, 3.05) is 19.7 Å². The van der Waals surface area contributed by atoms with E-state index in [1.165, 1.54) is 12.1 Å². The molecule has 1 amide bonds. The molecule has 1 aliphatic rings. The van der Waals surface area contributed by atoms with Crippen LogP contribution in [0.5, 0.6) is 5.75 Å². The Morgan fingerprint density at radius 2 is 2.23 bits per heavy atom. The molecular formula is C15H19F3N2O2. The lowest BCUT2D eigenvalue weighted by Gasteiger charge is -2.30. The molecule has 7 heteroatoms. The lowest BCUT2D eigenvalue weighted by Crippen LogP contribution is -2.51. The molecule has 1 aromatic rings. The number of carbonyl (C=O) groups is 1. The summed E-state index contributed by atoms with van der Waals surface area (Å²) in [6.07, 6.45) is -3.45. The van der Waals surface area contributed by atoms with E-state index in [0.717, 1.165) is 25.1 Å². The molecule has 0 radical (unpaired) electrons. The highest BCUT2D eigenvalue weighted by Crippen LogP contribution is 2.31. The van der Waals surface area contributed by atoms with Crippen molar-refractivity contribution < 1.29 is 22.7 Å². The van der Waals surface area contributed by atoms with E-state index in [2.05, 4.69) is 17.6 Å². The number of nitrogens with one attached hydrogen (secondary N) is 2. The van der Waals surface area contributed by atoms with Gasteiger partial charge in [0, 0.05) is 12.6 Å². The molecule has 2 unspecified atom stereocenters. The quantitative estimate of drug-likeness (QED) is 0.895. The molecule has 2 N–H and O–H groups in total. The topological polar surface area (TPSA) is 50.4 Å². The first-order valence-corrected chi connectivity index (χ1v) is 7.16. The number of hydrogen-bond donors (Lipinski definition) is 2. The third-order valence-corrected chi connectivity index (χ3v) is 3.71. The Labute approximate surface area is 127 Å². The second-order valence-corrected chi connectivity index (χ2v) is 5.46. The van der Waals surface area contributed by atoms with Gasteiger partial charge in [-0.15, -0.1) is 0 Å². The van der Waals surface area contributed by atoms with Crippen LogP contribution in [0.4, 0.5) is 13.2 Å². The second kappa shape index (κ2) is 7.00. The molecule has 0 bridgehead atoms. The summed E-state index contributed by atoms with van der Waals surface area (Å²) in [5.74, 6) is 0.0523. The Kier molecular flexibility index (Phi) is 5.28. The highest BCUT2D eigenvalue weighted by Gasteiger charge is 2.30. The van der Waals surface area contributed by atoms with Gasteiger partial charge >= 0.3 is 6.18 Å². The molecule has 1 heterocycles.